The Morgan fingerprint density at radius 1 is 0.960 bits per heavy atom. The molecule has 0 heterocycles. The number of nitrogens with zero attached hydrogens (tertiary/aromatic N) is 1. The Morgan fingerprint density at radius 2 is 1.72 bits per heavy atom. The van der Waals surface area contributed by atoms with E-state index >= 15 is 0 Å². The standard InChI is InChI=1S/C24H25N/c1-17-11-8-9-15-22(17)19(3)24-18(2)12-10-16-23(24)25-20(4)21-13-6-5-7-14-21/h6,8-16H,3,5,7H2,1-2,4H3. The van der Waals surface area contributed by atoms with Crippen molar-refractivity contribution in [3.05, 3.63) is 95.1 Å². The molecule has 0 bridgehead atoms. The maximum atomic E-state index is 4.96. The van der Waals surface area contributed by atoms with Crippen molar-refractivity contribution in [1.82, 2.24) is 0 Å². The molecule has 3 rings (SSSR count). The van der Waals surface area contributed by atoms with E-state index in [4.69, 9.17) is 4.99 Å². The van der Waals surface area contributed by atoms with Crippen LogP contribution in [0, 0.1) is 13.8 Å². The predicted molar refractivity (Wildman–Crippen MR) is 110 cm³/mol. The molecule has 1 aliphatic rings. The highest BCUT2D eigenvalue weighted by atomic mass is 14.7. The van der Waals surface area contributed by atoms with Crippen LogP contribution in [0.25, 0.3) is 5.57 Å². The summed E-state index contributed by atoms with van der Waals surface area (Å²) in [6.07, 6.45) is 8.88. The van der Waals surface area contributed by atoms with E-state index < -0.39 is 0 Å². The van der Waals surface area contributed by atoms with Gasteiger partial charge in [0.1, 0.15) is 0 Å². The first-order valence-corrected chi connectivity index (χ1v) is 8.85. The van der Waals surface area contributed by atoms with E-state index in [1.54, 1.807) is 0 Å². The summed E-state index contributed by atoms with van der Waals surface area (Å²) >= 11 is 0. The van der Waals surface area contributed by atoms with Crippen molar-refractivity contribution in [1.29, 1.82) is 0 Å². The lowest BCUT2D eigenvalue weighted by molar-refractivity contribution is 1.03. The van der Waals surface area contributed by atoms with E-state index in [-0.39, 0.29) is 0 Å². The Balaban J connectivity index is 2.07. The third-order valence-electron chi connectivity index (χ3n) is 4.72. The van der Waals surface area contributed by atoms with Gasteiger partial charge in [-0.15, -0.1) is 0 Å². The molecule has 0 unspecified atom stereocenters. The van der Waals surface area contributed by atoms with Crippen molar-refractivity contribution in [2.24, 2.45) is 4.99 Å². The molecule has 0 saturated carbocycles. The molecule has 1 aliphatic carbocycles. The van der Waals surface area contributed by atoms with Gasteiger partial charge in [0.15, 0.2) is 0 Å². The molecule has 0 saturated heterocycles. The van der Waals surface area contributed by atoms with Crippen LogP contribution >= 0.6 is 0 Å². The van der Waals surface area contributed by atoms with Crippen LogP contribution in [0.1, 0.15) is 42.0 Å². The topological polar surface area (TPSA) is 12.4 Å². The van der Waals surface area contributed by atoms with Crippen LogP contribution in [0.4, 0.5) is 5.69 Å². The first-order valence-electron chi connectivity index (χ1n) is 8.85. The maximum absolute atomic E-state index is 4.96. The minimum Gasteiger partial charge on any atom is -0.252 e. The van der Waals surface area contributed by atoms with E-state index in [0.29, 0.717) is 0 Å². The second kappa shape index (κ2) is 7.48. The predicted octanol–water partition coefficient (Wildman–Crippen LogP) is 6.73. The normalized spacial score (nSPS) is 14.4. The van der Waals surface area contributed by atoms with Gasteiger partial charge in [0.2, 0.25) is 0 Å². The quantitative estimate of drug-likeness (QED) is 0.552. The number of benzene rings is 2. The van der Waals surface area contributed by atoms with Crippen LogP contribution < -0.4 is 0 Å². The van der Waals surface area contributed by atoms with Crippen LogP contribution in [0.2, 0.25) is 0 Å². The monoisotopic (exact) mass is 327 g/mol. The van der Waals surface area contributed by atoms with Crippen LogP contribution in [0.15, 0.2) is 77.8 Å². The zero-order valence-corrected chi connectivity index (χ0v) is 15.3. The van der Waals surface area contributed by atoms with Crippen molar-refractivity contribution in [2.75, 3.05) is 0 Å². The van der Waals surface area contributed by atoms with Gasteiger partial charge < -0.3 is 0 Å². The summed E-state index contributed by atoms with van der Waals surface area (Å²) in [4.78, 5) is 4.96. The van der Waals surface area contributed by atoms with Crippen molar-refractivity contribution in [3.63, 3.8) is 0 Å². The van der Waals surface area contributed by atoms with Crippen LogP contribution in [-0.4, -0.2) is 5.71 Å². The van der Waals surface area contributed by atoms with E-state index in [1.165, 1.54) is 22.3 Å². The molecule has 2 aromatic rings. The lowest BCUT2D eigenvalue weighted by Gasteiger charge is -2.16. The number of hydrogen-bond donors (Lipinski definition) is 0. The number of rotatable bonds is 4. The number of hydrogen-bond acceptors (Lipinski definition) is 1. The van der Waals surface area contributed by atoms with Gasteiger partial charge in [0.05, 0.1) is 5.69 Å². The Kier molecular flexibility index (Phi) is 5.14. The summed E-state index contributed by atoms with van der Waals surface area (Å²) in [6.45, 7) is 10.7. The Bertz CT molecular complexity index is 894. The first-order chi connectivity index (χ1) is 12.1. The number of aryl methyl sites for hydroxylation is 2. The van der Waals surface area contributed by atoms with Gasteiger partial charge in [-0.3, -0.25) is 4.99 Å². The van der Waals surface area contributed by atoms with E-state index in [9.17, 15) is 0 Å². The van der Waals surface area contributed by atoms with Gasteiger partial charge in [0.25, 0.3) is 0 Å². The molecular weight excluding hydrogens is 302 g/mol. The van der Waals surface area contributed by atoms with Gasteiger partial charge in [-0.05, 0) is 67.5 Å². The van der Waals surface area contributed by atoms with E-state index in [0.717, 1.165) is 35.4 Å². The minimum atomic E-state index is 0.991. The molecule has 0 atom stereocenters. The van der Waals surface area contributed by atoms with Crippen LogP contribution in [0.5, 0.6) is 0 Å². The molecule has 0 fully saturated rings. The Hall–Kier alpha value is -2.67. The molecule has 0 spiro atoms. The average Bonchev–Trinajstić information content (AvgIpc) is 2.62. The van der Waals surface area contributed by atoms with Gasteiger partial charge in [-0.1, -0.05) is 61.2 Å². The zero-order valence-electron chi connectivity index (χ0n) is 15.3. The van der Waals surface area contributed by atoms with Gasteiger partial charge >= 0.3 is 0 Å². The van der Waals surface area contributed by atoms with E-state index in [2.05, 4.69) is 88.0 Å². The molecule has 0 aromatic heterocycles. The van der Waals surface area contributed by atoms with Crippen molar-refractivity contribution < 1.29 is 0 Å². The summed E-state index contributed by atoms with van der Waals surface area (Å²) in [7, 11) is 0. The Morgan fingerprint density at radius 3 is 2.44 bits per heavy atom. The third-order valence-corrected chi connectivity index (χ3v) is 4.72. The molecule has 0 N–H and O–H groups in total. The summed E-state index contributed by atoms with van der Waals surface area (Å²) in [5, 5.41) is 0. The van der Waals surface area contributed by atoms with Gasteiger partial charge in [0, 0.05) is 11.3 Å². The van der Waals surface area contributed by atoms with Crippen LogP contribution in [0.3, 0.4) is 0 Å². The summed E-state index contributed by atoms with van der Waals surface area (Å²) < 4.78 is 0. The molecule has 1 nitrogen and oxygen atoms in total. The molecule has 126 valence electrons. The van der Waals surface area contributed by atoms with Crippen molar-refractivity contribution in [2.45, 2.75) is 33.6 Å². The van der Waals surface area contributed by atoms with Gasteiger partial charge in [-0.2, -0.15) is 0 Å². The highest BCUT2D eigenvalue weighted by Gasteiger charge is 2.13. The second-order valence-electron chi connectivity index (χ2n) is 6.60. The van der Waals surface area contributed by atoms with Crippen molar-refractivity contribution in [3.8, 4) is 0 Å². The maximum Gasteiger partial charge on any atom is 0.0714 e. The fraction of sp³-hybridized carbons (Fsp3) is 0.208. The average molecular weight is 327 g/mol. The van der Waals surface area contributed by atoms with Crippen molar-refractivity contribution >= 4 is 17.0 Å². The Labute approximate surface area is 151 Å². The van der Waals surface area contributed by atoms with Gasteiger partial charge in [-0.25, -0.2) is 0 Å². The van der Waals surface area contributed by atoms with Crippen LogP contribution in [-0.2, 0) is 0 Å². The number of aliphatic imine (C=N–C) groups is 1. The molecule has 0 aliphatic heterocycles. The minimum absolute atomic E-state index is 0.991. The van der Waals surface area contributed by atoms with E-state index in [1.807, 2.05) is 0 Å². The fourth-order valence-electron chi connectivity index (χ4n) is 3.31. The SMILES string of the molecule is C=C(c1ccccc1C)c1c(C)cccc1N=C(C)C1=CCCC=C1. The lowest BCUT2D eigenvalue weighted by atomic mass is 9.91. The molecular formula is C24H25N. The summed E-state index contributed by atoms with van der Waals surface area (Å²) in [5.74, 6) is 0. The largest absolute Gasteiger partial charge is 0.252 e. The molecule has 0 amide bonds. The fourth-order valence-corrected chi connectivity index (χ4v) is 3.31. The molecule has 1 heteroatoms. The molecule has 2 aromatic carbocycles. The highest BCUT2D eigenvalue weighted by molar-refractivity contribution is 6.03. The summed E-state index contributed by atoms with van der Waals surface area (Å²) in [5.41, 5.74) is 9.07. The second-order valence-corrected chi connectivity index (χ2v) is 6.60. The lowest BCUT2D eigenvalue weighted by Crippen LogP contribution is -1.99. The molecule has 25 heavy (non-hydrogen) atoms. The number of allylic oxidation sites excluding steroid dienone is 4. The molecule has 0 radical (unpaired) electrons. The smallest absolute Gasteiger partial charge is 0.0714 e. The zero-order chi connectivity index (χ0) is 17.8. The summed E-state index contributed by atoms with van der Waals surface area (Å²) in [6, 6.07) is 14.7. The third kappa shape index (κ3) is 3.71. The highest BCUT2D eigenvalue weighted by Crippen LogP contribution is 2.34. The first kappa shape index (κ1) is 17.2.